The summed E-state index contributed by atoms with van der Waals surface area (Å²) in [6.45, 7) is 7.42. The van der Waals surface area contributed by atoms with Crippen LogP contribution in [0.3, 0.4) is 0 Å². The summed E-state index contributed by atoms with van der Waals surface area (Å²) in [7, 11) is -4.20. The summed E-state index contributed by atoms with van der Waals surface area (Å²) >= 11 is 0. The zero-order valence-electron chi connectivity index (χ0n) is 26.9. The molecule has 0 saturated carbocycles. The van der Waals surface area contributed by atoms with Gasteiger partial charge in [0.2, 0.25) is 11.8 Å². The van der Waals surface area contributed by atoms with Crippen LogP contribution in [0.15, 0.2) is 102 Å². The van der Waals surface area contributed by atoms with E-state index in [9.17, 15) is 22.4 Å². The number of nitrogens with one attached hydrogen (secondary N) is 1. The number of carbonyl (C=O) groups is 2. The molecule has 0 bridgehead atoms. The predicted molar refractivity (Wildman–Crippen MR) is 180 cm³/mol. The summed E-state index contributed by atoms with van der Waals surface area (Å²) in [5.41, 5.74) is 4.23. The van der Waals surface area contributed by atoms with Crippen molar-refractivity contribution in [2.75, 3.05) is 17.4 Å². The van der Waals surface area contributed by atoms with Gasteiger partial charge in [-0.2, -0.15) is 0 Å². The summed E-state index contributed by atoms with van der Waals surface area (Å²) in [6, 6.07) is 26.1. The lowest BCUT2D eigenvalue weighted by atomic mass is 10.0. The van der Waals surface area contributed by atoms with Gasteiger partial charge in [-0.3, -0.25) is 13.9 Å². The zero-order chi connectivity index (χ0) is 33.3. The fourth-order valence-corrected chi connectivity index (χ4v) is 6.66. The second-order valence-electron chi connectivity index (χ2n) is 11.6. The number of rotatable bonds is 14. The Labute approximate surface area is 272 Å². The molecule has 46 heavy (non-hydrogen) atoms. The van der Waals surface area contributed by atoms with E-state index in [1.165, 1.54) is 29.2 Å². The molecule has 0 fully saturated rings. The van der Waals surface area contributed by atoms with Crippen LogP contribution in [0.2, 0.25) is 0 Å². The molecule has 4 rings (SSSR count). The number of aryl methyl sites for hydroxylation is 3. The van der Waals surface area contributed by atoms with Crippen molar-refractivity contribution in [1.29, 1.82) is 0 Å². The van der Waals surface area contributed by atoms with E-state index in [-0.39, 0.29) is 23.8 Å². The summed E-state index contributed by atoms with van der Waals surface area (Å²) in [6.07, 6.45) is 1.86. The molecule has 4 aromatic carbocycles. The Bertz CT molecular complexity index is 1730. The molecular formula is C37H42FN3O4S. The molecular weight excluding hydrogens is 601 g/mol. The number of halogens is 1. The van der Waals surface area contributed by atoms with Crippen LogP contribution in [0, 0.1) is 26.6 Å². The van der Waals surface area contributed by atoms with E-state index in [0.717, 1.165) is 33.8 Å². The van der Waals surface area contributed by atoms with E-state index in [0.29, 0.717) is 23.4 Å². The van der Waals surface area contributed by atoms with Crippen LogP contribution >= 0.6 is 0 Å². The number of nitrogens with zero attached hydrogens (tertiary/aromatic N) is 2. The molecule has 0 aliphatic rings. The van der Waals surface area contributed by atoms with Gasteiger partial charge in [0.15, 0.2) is 0 Å². The summed E-state index contributed by atoms with van der Waals surface area (Å²) in [4.78, 5) is 29.9. The van der Waals surface area contributed by atoms with Crippen LogP contribution in [-0.2, 0) is 32.6 Å². The monoisotopic (exact) mass is 643 g/mol. The quantitative estimate of drug-likeness (QED) is 0.159. The number of unbranched alkanes of at least 4 members (excludes halogenated alkanes) is 1. The maximum Gasteiger partial charge on any atom is 0.264 e. The van der Waals surface area contributed by atoms with Gasteiger partial charge >= 0.3 is 0 Å². The van der Waals surface area contributed by atoms with Gasteiger partial charge in [0, 0.05) is 19.5 Å². The lowest BCUT2D eigenvalue weighted by molar-refractivity contribution is -0.140. The molecule has 0 unspecified atom stereocenters. The third-order valence-corrected chi connectivity index (χ3v) is 9.66. The van der Waals surface area contributed by atoms with Gasteiger partial charge in [0.05, 0.1) is 10.6 Å². The first kappa shape index (κ1) is 34.4. The molecule has 0 spiro atoms. The maximum absolute atomic E-state index is 14.6. The molecule has 2 amide bonds. The molecule has 4 aromatic rings. The highest BCUT2D eigenvalue weighted by atomic mass is 32.2. The van der Waals surface area contributed by atoms with Gasteiger partial charge in [0.25, 0.3) is 10.0 Å². The lowest BCUT2D eigenvalue weighted by Gasteiger charge is -2.34. The third-order valence-electron chi connectivity index (χ3n) is 7.89. The van der Waals surface area contributed by atoms with Crippen LogP contribution in [-0.4, -0.2) is 44.3 Å². The van der Waals surface area contributed by atoms with Crippen LogP contribution in [0.5, 0.6) is 0 Å². The topological polar surface area (TPSA) is 86.8 Å². The van der Waals surface area contributed by atoms with E-state index in [4.69, 9.17) is 0 Å². The minimum absolute atomic E-state index is 0.0248. The molecule has 9 heteroatoms. The first-order chi connectivity index (χ1) is 22.0. The standard InChI is InChI=1S/C37H42FN3O4S/c1-5-6-22-39-37(43)35(24-30-10-8-7-9-11-30)40(25-31-16-18-32(38)19-17-31)36(42)26-41(34-23-28(3)12-15-29(34)4)46(44,45)33-20-13-27(2)14-21-33/h7-21,23,35H,5-6,22,24-26H2,1-4H3,(H,39,43)/t35-/m0/s1. The number of sulfonamides is 1. The Morgan fingerprint density at radius 3 is 2.13 bits per heavy atom. The van der Waals surface area contributed by atoms with E-state index in [1.54, 1.807) is 37.3 Å². The summed E-state index contributed by atoms with van der Waals surface area (Å²) in [5, 5.41) is 2.97. The van der Waals surface area contributed by atoms with Gasteiger partial charge in [-0.05, 0) is 79.8 Å². The van der Waals surface area contributed by atoms with Crippen molar-refractivity contribution in [2.24, 2.45) is 0 Å². The van der Waals surface area contributed by atoms with Gasteiger partial charge in [-0.15, -0.1) is 0 Å². The Balaban J connectivity index is 1.81. The first-order valence-corrected chi connectivity index (χ1v) is 17.0. The second kappa shape index (κ2) is 15.7. The average molecular weight is 644 g/mol. The average Bonchev–Trinajstić information content (AvgIpc) is 3.04. The smallest absolute Gasteiger partial charge is 0.264 e. The highest BCUT2D eigenvalue weighted by Gasteiger charge is 2.35. The fourth-order valence-electron chi connectivity index (χ4n) is 5.19. The maximum atomic E-state index is 14.6. The van der Waals surface area contributed by atoms with Crippen molar-refractivity contribution in [3.05, 3.63) is 131 Å². The van der Waals surface area contributed by atoms with Crippen LogP contribution in [0.4, 0.5) is 10.1 Å². The molecule has 0 heterocycles. The number of hydrogen-bond acceptors (Lipinski definition) is 4. The molecule has 7 nitrogen and oxygen atoms in total. The van der Waals surface area contributed by atoms with E-state index in [1.807, 2.05) is 63.2 Å². The summed E-state index contributed by atoms with van der Waals surface area (Å²) in [5.74, 6) is -1.33. The van der Waals surface area contributed by atoms with Crippen molar-refractivity contribution in [2.45, 2.75) is 64.4 Å². The molecule has 1 N–H and O–H groups in total. The van der Waals surface area contributed by atoms with E-state index in [2.05, 4.69) is 5.32 Å². The van der Waals surface area contributed by atoms with Gasteiger partial charge < -0.3 is 10.2 Å². The SMILES string of the molecule is CCCCNC(=O)[C@H](Cc1ccccc1)N(Cc1ccc(F)cc1)C(=O)CN(c1cc(C)ccc1C)S(=O)(=O)c1ccc(C)cc1. The van der Waals surface area contributed by atoms with Crippen LogP contribution < -0.4 is 9.62 Å². The van der Waals surface area contributed by atoms with Crippen molar-refractivity contribution in [3.8, 4) is 0 Å². The Kier molecular flexibility index (Phi) is 11.7. The Hall–Kier alpha value is -4.50. The number of amides is 2. The largest absolute Gasteiger partial charge is 0.354 e. The predicted octanol–water partition coefficient (Wildman–Crippen LogP) is 6.50. The van der Waals surface area contributed by atoms with Gasteiger partial charge in [0.1, 0.15) is 18.4 Å². The zero-order valence-corrected chi connectivity index (χ0v) is 27.7. The molecule has 242 valence electrons. The number of carbonyl (C=O) groups excluding carboxylic acids is 2. The Morgan fingerprint density at radius 2 is 1.48 bits per heavy atom. The first-order valence-electron chi connectivity index (χ1n) is 15.5. The van der Waals surface area contributed by atoms with Crippen LogP contribution in [0.25, 0.3) is 0 Å². The van der Waals surface area contributed by atoms with Crippen molar-refractivity contribution >= 4 is 27.5 Å². The number of anilines is 1. The van der Waals surface area contributed by atoms with Crippen molar-refractivity contribution < 1.29 is 22.4 Å². The van der Waals surface area contributed by atoms with Crippen molar-refractivity contribution in [3.63, 3.8) is 0 Å². The summed E-state index contributed by atoms with van der Waals surface area (Å²) < 4.78 is 43.5. The second-order valence-corrected chi connectivity index (χ2v) is 13.5. The van der Waals surface area contributed by atoms with E-state index < -0.39 is 34.3 Å². The minimum Gasteiger partial charge on any atom is -0.354 e. The van der Waals surface area contributed by atoms with E-state index >= 15 is 0 Å². The van der Waals surface area contributed by atoms with Crippen LogP contribution in [0.1, 0.15) is 47.6 Å². The number of benzene rings is 4. The normalized spacial score (nSPS) is 11.9. The van der Waals surface area contributed by atoms with Gasteiger partial charge in [-0.25, -0.2) is 12.8 Å². The minimum atomic E-state index is -4.20. The van der Waals surface area contributed by atoms with Gasteiger partial charge in [-0.1, -0.05) is 85.6 Å². The molecule has 0 aliphatic heterocycles. The lowest BCUT2D eigenvalue weighted by Crippen LogP contribution is -2.53. The highest BCUT2D eigenvalue weighted by Crippen LogP contribution is 2.29. The van der Waals surface area contributed by atoms with Crippen molar-refractivity contribution in [1.82, 2.24) is 10.2 Å². The molecule has 0 aromatic heterocycles. The third kappa shape index (κ3) is 8.81. The molecule has 0 radical (unpaired) electrons. The molecule has 0 aliphatic carbocycles. The fraction of sp³-hybridized carbons (Fsp3) is 0.297. The molecule has 0 saturated heterocycles. The molecule has 1 atom stereocenters. The highest BCUT2D eigenvalue weighted by molar-refractivity contribution is 7.92. The number of hydrogen-bond donors (Lipinski definition) is 1. The Morgan fingerprint density at radius 1 is 0.826 bits per heavy atom.